The van der Waals surface area contributed by atoms with Crippen LogP contribution in [-0.2, 0) is 16.6 Å². The zero-order valence-electron chi connectivity index (χ0n) is 13.0. The molecule has 0 aromatic heterocycles. The van der Waals surface area contributed by atoms with Crippen molar-refractivity contribution in [1.82, 2.24) is 5.73 Å². The molecule has 0 bridgehead atoms. The number of hydrogen-bond acceptors (Lipinski definition) is 1. The van der Waals surface area contributed by atoms with E-state index in [1.54, 1.807) is 0 Å². The molecular formula is C18H22NOSi. The van der Waals surface area contributed by atoms with Gasteiger partial charge < -0.3 is 0 Å². The molecule has 1 amide bonds. The van der Waals surface area contributed by atoms with Crippen molar-refractivity contribution in [2.24, 2.45) is 0 Å². The third kappa shape index (κ3) is 2.06. The van der Waals surface area contributed by atoms with Crippen LogP contribution in [0.5, 0.6) is 0 Å². The summed E-state index contributed by atoms with van der Waals surface area (Å²) in [5, 5.41) is 1.36. The minimum Gasteiger partial charge on any atom is -0.272 e. The molecule has 1 N–H and O–H groups in total. The van der Waals surface area contributed by atoms with Gasteiger partial charge in [-0.15, -0.1) is 0 Å². The van der Waals surface area contributed by atoms with Crippen LogP contribution >= 0.6 is 0 Å². The largest absolute Gasteiger partial charge is 0.272 e. The van der Waals surface area contributed by atoms with Crippen molar-refractivity contribution in [1.29, 1.82) is 0 Å². The van der Waals surface area contributed by atoms with Gasteiger partial charge >= 0.3 is 0 Å². The topological polar surface area (TPSA) is 40.9 Å². The molecule has 3 heteroatoms. The Kier molecular flexibility index (Phi) is 3.48. The van der Waals surface area contributed by atoms with Crippen molar-refractivity contribution in [3.63, 3.8) is 0 Å². The molecular weight excluding hydrogens is 274 g/mol. The normalized spacial score (nSPS) is 24.0. The number of rotatable bonds is 2. The van der Waals surface area contributed by atoms with Crippen molar-refractivity contribution in [2.75, 3.05) is 0 Å². The van der Waals surface area contributed by atoms with Gasteiger partial charge in [0.05, 0.1) is 5.41 Å². The Morgan fingerprint density at radius 2 is 2.10 bits per heavy atom. The van der Waals surface area contributed by atoms with Crippen molar-refractivity contribution in [2.45, 2.75) is 51.1 Å². The summed E-state index contributed by atoms with van der Waals surface area (Å²) in [4.78, 5) is 12.4. The Labute approximate surface area is 128 Å². The maximum Gasteiger partial charge on any atom is 0.252 e. The lowest BCUT2D eigenvalue weighted by Crippen LogP contribution is -2.44. The van der Waals surface area contributed by atoms with Crippen LogP contribution in [0.3, 0.4) is 0 Å². The number of nitrogens with one attached hydrogen (secondary N) is 1. The Bertz CT molecular complexity index is 682. The summed E-state index contributed by atoms with van der Waals surface area (Å²) >= 11 is 0. The van der Waals surface area contributed by atoms with Crippen molar-refractivity contribution in [3.05, 3.63) is 40.5 Å². The van der Waals surface area contributed by atoms with Crippen LogP contribution in [0, 0.1) is 0 Å². The van der Waals surface area contributed by atoms with E-state index in [0.717, 1.165) is 31.2 Å². The molecule has 1 saturated carbocycles. The van der Waals surface area contributed by atoms with Crippen LogP contribution in [0.2, 0.25) is 13.1 Å². The molecule has 0 heterocycles. The van der Waals surface area contributed by atoms with E-state index in [1.165, 1.54) is 21.9 Å². The Balaban J connectivity index is 2.29. The first-order chi connectivity index (χ1) is 9.96. The first kappa shape index (κ1) is 14.5. The molecule has 1 fully saturated rings. The minimum atomic E-state index is -0.685. The average Bonchev–Trinajstić information content (AvgIpc) is 3.00. The van der Waals surface area contributed by atoms with Crippen LogP contribution in [-0.4, -0.2) is 19.5 Å². The highest BCUT2D eigenvalue weighted by Crippen LogP contribution is 2.43. The third-order valence-corrected chi connectivity index (χ3v) is 6.89. The van der Waals surface area contributed by atoms with E-state index in [0.29, 0.717) is 0 Å². The lowest BCUT2D eigenvalue weighted by atomic mass is 9.75. The molecule has 2 aliphatic rings. The predicted molar refractivity (Wildman–Crippen MR) is 89.9 cm³/mol. The highest BCUT2D eigenvalue weighted by molar-refractivity contribution is 6.72. The van der Waals surface area contributed by atoms with Crippen LogP contribution in [0.1, 0.15) is 42.9 Å². The third-order valence-electron chi connectivity index (χ3n) is 5.00. The second-order valence-corrected chi connectivity index (χ2v) is 9.22. The van der Waals surface area contributed by atoms with Gasteiger partial charge in [0, 0.05) is 8.41 Å². The fourth-order valence-corrected chi connectivity index (χ4v) is 6.05. The molecule has 2 nitrogen and oxygen atoms in total. The van der Waals surface area contributed by atoms with Gasteiger partial charge in [-0.2, -0.15) is 0 Å². The number of carbonyl (C=O) groups excluding carboxylic acids is 1. The van der Waals surface area contributed by atoms with Gasteiger partial charge in [-0.05, 0) is 49.3 Å². The summed E-state index contributed by atoms with van der Waals surface area (Å²) in [7, 11) is -0.685. The van der Waals surface area contributed by atoms with E-state index in [-0.39, 0.29) is 0 Å². The lowest BCUT2D eigenvalue weighted by Gasteiger charge is -2.30. The van der Waals surface area contributed by atoms with Gasteiger partial charge in [-0.25, -0.2) is 0 Å². The predicted octanol–water partition coefficient (Wildman–Crippen LogP) is 3.39. The van der Waals surface area contributed by atoms with Crippen molar-refractivity contribution in [3.8, 4) is 0 Å². The smallest absolute Gasteiger partial charge is 0.252 e. The molecule has 1 unspecified atom stereocenters. The summed E-state index contributed by atoms with van der Waals surface area (Å²) in [5.41, 5.74) is 12.4. The highest BCUT2D eigenvalue weighted by atomic mass is 28.2. The maximum absolute atomic E-state index is 12.4. The summed E-state index contributed by atoms with van der Waals surface area (Å²) in [6.45, 7) is 6.66. The maximum atomic E-state index is 12.4. The molecule has 0 spiro atoms. The van der Waals surface area contributed by atoms with E-state index < -0.39 is 19.7 Å². The second kappa shape index (κ2) is 5.06. The molecule has 1 radical (unpaired) electrons. The number of benzene rings is 1. The highest BCUT2D eigenvalue weighted by Gasteiger charge is 2.47. The summed E-state index contributed by atoms with van der Waals surface area (Å²) in [5.74, 6) is -0.396. The Morgan fingerprint density at radius 1 is 1.33 bits per heavy atom. The van der Waals surface area contributed by atoms with Gasteiger partial charge in [0.15, 0.2) is 0 Å². The molecule has 109 valence electrons. The number of carbonyl (C=O) groups is 1. The van der Waals surface area contributed by atoms with Gasteiger partial charge in [-0.1, -0.05) is 48.1 Å². The number of allylic oxidation sites excluding steroid dienone is 1. The summed E-state index contributed by atoms with van der Waals surface area (Å²) < 4.78 is 0. The first-order valence-corrected chi connectivity index (χ1v) is 10.2. The van der Waals surface area contributed by atoms with E-state index >= 15 is 0 Å². The van der Waals surface area contributed by atoms with Gasteiger partial charge in [0.2, 0.25) is 0 Å². The van der Waals surface area contributed by atoms with Crippen molar-refractivity contribution < 1.29 is 4.79 Å². The number of hydrogen-bond donors (Lipinski definition) is 0. The fraction of sp³-hybridized carbons (Fsp3) is 0.444. The van der Waals surface area contributed by atoms with Gasteiger partial charge in [-0.3, -0.25) is 10.5 Å². The summed E-state index contributed by atoms with van der Waals surface area (Å²) in [6.07, 6.45) is 6.10. The molecule has 0 aliphatic heterocycles. The molecule has 3 rings (SSSR count). The molecule has 2 aliphatic carbocycles. The van der Waals surface area contributed by atoms with Crippen LogP contribution in [0.25, 0.3) is 6.08 Å². The average molecular weight is 296 g/mol. The van der Waals surface area contributed by atoms with E-state index in [2.05, 4.69) is 44.3 Å². The molecule has 0 saturated heterocycles. The first-order valence-electron chi connectivity index (χ1n) is 7.69. The number of fused-ring (bicyclic) bond motifs is 1. The minimum absolute atomic E-state index is 0.396. The molecule has 1 atom stereocenters. The zero-order chi connectivity index (χ0) is 15.2. The molecule has 1 aromatic rings. The zero-order valence-corrected chi connectivity index (χ0v) is 14.0. The Morgan fingerprint density at radius 3 is 2.76 bits per heavy atom. The summed E-state index contributed by atoms with van der Waals surface area (Å²) in [6, 6.07) is 6.32. The van der Waals surface area contributed by atoms with Gasteiger partial charge in [0.25, 0.3) is 5.91 Å². The molecule has 21 heavy (non-hydrogen) atoms. The lowest BCUT2D eigenvalue weighted by molar-refractivity contribution is -0.121. The van der Waals surface area contributed by atoms with Crippen LogP contribution in [0.4, 0.5) is 0 Å². The monoisotopic (exact) mass is 296 g/mol. The molecule has 1 aromatic carbocycles. The quantitative estimate of drug-likeness (QED) is 0.771. The standard InChI is InChI=1S/C18H22NOSi/c1-12-10-13-6-4-7-15(14(13)11-12)18(17(19)20)9-5-8-16(18)21(2)3/h4,6-7,11,19H,5,8-10H2,1-3H3. The van der Waals surface area contributed by atoms with E-state index in [1.807, 2.05) is 0 Å². The van der Waals surface area contributed by atoms with E-state index in [9.17, 15) is 4.79 Å². The van der Waals surface area contributed by atoms with Crippen LogP contribution in [0.15, 0.2) is 23.8 Å². The number of amides is 1. The van der Waals surface area contributed by atoms with Gasteiger partial charge in [0.1, 0.15) is 0 Å². The van der Waals surface area contributed by atoms with E-state index in [4.69, 9.17) is 5.73 Å². The van der Waals surface area contributed by atoms with Crippen molar-refractivity contribution >= 4 is 25.6 Å². The second-order valence-electron chi connectivity index (χ2n) is 6.61. The fourth-order valence-electron chi connectivity index (χ4n) is 4.15. The Hall–Kier alpha value is -1.48. The van der Waals surface area contributed by atoms with Crippen LogP contribution < -0.4 is 5.73 Å². The SMILES string of the molecule is CC1=Cc2c(cccc2C2(C([NH])=O)CCCC2=[Si](C)C)C1.